The Labute approximate surface area is 221 Å². The number of hydroxylamine groups is 3. The zero-order valence-electron chi connectivity index (χ0n) is 22.5. The number of rotatable bonds is 22. The fraction of sp³-hybridized carbons (Fsp3) is 0.815. The molecule has 0 saturated carbocycles. The Morgan fingerprint density at radius 2 is 1.68 bits per heavy atom. The first-order valence-corrected chi connectivity index (χ1v) is 13.9. The van der Waals surface area contributed by atoms with Crippen molar-refractivity contribution in [2.24, 2.45) is 4.99 Å². The first-order chi connectivity index (χ1) is 17.8. The van der Waals surface area contributed by atoms with E-state index in [9.17, 15) is 23.6 Å². The van der Waals surface area contributed by atoms with Crippen LogP contribution in [0.3, 0.4) is 0 Å². The molecule has 0 aromatic carbocycles. The highest BCUT2D eigenvalue weighted by Crippen LogP contribution is 2.25. The zero-order chi connectivity index (χ0) is 27.4. The van der Waals surface area contributed by atoms with Crippen molar-refractivity contribution in [2.45, 2.75) is 122 Å². The number of unbranched alkanes of at least 4 members (excludes halogenated alkanes) is 11. The molecule has 3 atom stereocenters. The first kappa shape index (κ1) is 33.1. The van der Waals surface area contributed by atoms with Crippen LogP contribution in [0.2, 0.25) is 0 Å². The van der Waals surface area contributed by atoms with Crippen molar-refractivity contribution < 1.29 is 32.5 Å². The van der Waals surface area contributed by atoms with Gasteiger partial charge in [-0.25, -0.2) is 18.2 Å². The number of urea groups is 1. The number of amides is 2. The number of nitrogens with one attached hydrogen (secondary N) is 1. The highest BCUT2D eigenvalue weighted by atomic mass is 19.3. The van der Waals surface area contributed by atoms with Crippen LogP contribution in [0.5, 0.6) is 0 Å². The van der Waals surface area contributed by atoms with Gasteiger partial charge in [0.25, 0.3) is 6.23 Å². The summed E-state index contributed by atoms with van der Waals surface area (Å²) in [5.74, 6) is -0.434. The summed E-state index contributed by atoms with van der Waals surface area (Å²) in [6, 6.07) is -1.14. The highest BCUT2D eigenvalue weighted by molar-refractivity contribution is 5.69. The molecule has 1 rings (SSSR count). The van der Waals surface area contributed by atoms with Crippen LogP contribution in [0.25, 0.3) is 0 Å². The van der Waals surface area contributed by atoms with Crippen molar-refractivity contribution >= 4 is 18.7 Å². The lowest BCUT2D eigenvalue weighted by Gasteiger charge is -2.47. The lowest BCUT2D eigenvalue weighted by atomic mass is 10.1. The summed E-state index contributed by atoms with van der Waals surface area (Å²) >= 11 is 0. The largest absolute Gasteiger partial charge is 0.622 e. The van der Waals surface area contributed by atoms with Gasteiger partial charge in [-0.15, -0.1) is 0 Å². The van der Waals surface area contributed by atoms with Gasteiger partial charge in [-0.1, -0.05) is 70.4 Å². The molecule has 0 aromatic heterocycles. The maximum atomic E-state index is 13.4. The lowest BCUT2D eigenvalue weighted by molar-refractivity contribution is -0.864. The minimum Gasteiger partial charge on any atom is -0.622 e. The SMILES string of the molecule is C=NC1CC[N+]([O-])([C@H](OCCOC(=O)CCCCCCC/C=C/CCCCCCCC)C(F)F)C(=O)N1. The van der Waals surface area contributed by atoms with E-state index in [1.54, 1.807) is 0 Å². The molecule has 0 spiro atoms. The van der Waals surface area contributed by atoms with E-state index in [0.717, 1.165) is 32.1 Å². The van der Waals surface area contributed by atoms with Gasteiger partial charge in [0, 0.05) is 12.8 Å². The Morgan fingerprint density at radius 3 is 2.24 bits per heavy atom. The molecular weight excluding hydrogens is 484 g/mol. The number of esters is 1. The summed E-state index contributed by atoms with van der Waals surface area (Å²) in [7, 11) is 0. The molecule has 8 nitrogen and oxygen atoms in total. The van der Waals surface area contributed by atoms with E-state index in [2.05, 4.69) is 36.1 Å². The molecule has 1 N–H and O–H groups in total. The van der Waals surface area contributed by atoms with E-state index >= 15 is 0 Å². The van der Waals surface area contributed by atoms with Gasteiger partial charge in [0.05, 0.1) is 13.2 Å². The number of carbonyl (C=O) groups is 2. The minimum absolute atomic E-state index is 0.0796. The van der Waals surface area contributed by atoms with Crippen LogP contribution >= 0.6 is 0 Å². The maximum absolute atomic E-state index is 13.4. The molecule has 2 amide bonds. The van der Waals surface area contributed by atoms with Gasteiger partial charge in [0.2, 0.25) is 0 Å². The summed E-state index contributed by atoms with van der Waals surface area (Å²) in [6.07, 6.45) is 14.0. The van der Waals surface area contributed by atoms with Crippen LogP contribution in [-0.4, -0.2) is 61.9 Å². The lowest BCUT2D eigenvalue weighted by Crippen LogP contribution is -2.67. The third kappa shape index (κ3) is 14.0. The molecule has 1 heterocycles. The number of quaternary nitrogens is 1. The van der Waals surface area contributed by atoms with Crippen LogP contribution in [-0.2, 0) is 14.3 Å². The number of hydrogen-bond donors (Lipinski definition) is 1. The first-order valence-electron chi connectivity index (χ1n) is 13.9. The molecule has 1 fully saturated rings. The molecule has 2 unspecified atom stereocenters. The molecule has 1 saturated heterocycles. The van der Waals surface area contributed by atoms with Gasteiger partial charge in [0.1, 0.15) is 12.8 Å². The maximum Gasteiger partial charge on any atom is 0.420 e. The van der Waals surface area contributed by atoms with Gasteiger partial charge in [-0.2, -0.15) is 0 Å². The standard InChI is InChI=1S/C27H47F2N3O5/c1-3-4-5-6-7-8-9-10-11-12-13-14-15-16-17-18-24(33)36-21-22-37-26(25(28)29)32(35)20-19-23(30-2)31-27(32)34/h10-11,23,25-26H,2-9,12-22H2,1H3,(H,31,34)/b11-10+/t23?,26-,32?/m1/s1. The fourth-order valence-electron chi connectivity index (χ4n) is 4.23. The smallest absolute Gasteiger partial charge is 0.420 e. The number of ether oxygens (including phenoxy) is 2. The summed E-state index contributed by atoms with van der Waals surface area (Å²) in [5.41, 5.74) is 0. The second kappa shape index (κ2) is 20.1. The van der Waals surface area contributed by atoms with Gasteiger partial charge in [0.15, 0.2) is 0 Å². The van der Waals surface area contributed by atoms with Gasteiger partial charge in [-0.05, 0) is 38.8 Å². The molecule has 214 valence electrons. The Hall–Kier alpha value is -1.91. The van der Waals surface area contributed by atoms with Crippen LogP contribution in [0.15, 0.2) is 17.1 Å². The monoisotopic (exact) mass is 531 g/mol. The molecule has 37 heavy (non-hydrogen) atoms. The third-order valence-corrected chi connectivity index (χ3v) is 6.49. The molecule has 0 bridgehead atoms. The van der Waals surface area contributed by atoms with Crippen molar-refractivity contribution in [1.29, 1.82) is 0 Å². The van der Waals surface area contributed by atoms with E-state index < -0.39 is 48.6 Å². The molecular formula is C27H47F2N3O5. The van der Waals surface area contributed by atoms with E-state index in [1.807, 2.05) is 0 Å². The van der Waals surface area contributed by atoms with Crippen molar-refractivity contribution in [3.05, 3.63) is 17.4 Å². The molecule has 1 aliphatic rings. The number of aliphatic imine (C=N–C) groups is 1. The average molecular weight is 532 g/mol. The van der Waals surface area contributed by atoms with Crippen molar-refractivity contribution in [3.8, 4) is 0 Å². The second-order valence-electron chi connectivity index (χ2n) is 9.61. The number of halogens is 2. The highest BCUT2D eigenvalue weighted by Gasteiger charge is 2.47. The molecule has 1 aliphatic heterocycles. The van der Waals surface area contributed by atoms with Crippen LogP contribution < -0.4 is 5.32 Å². The number of alkyl halides is 2. The second-order valence-corrected chi connectivity index (χ2v) is 9.61. The quantitative estimate of drug-likeness (QED) is 0.0422. The van der Waals surface area contributed by atoms with Crippen molar-refractivity contribution in [1.82, 2.24) is 5.32 Å². The molecule has 0 aliphatic carbocycles. The Bertz CT molecular complexity index is 680. The Morgan fingerprint density at radius 1 is 1.08 bits per heavy atom. The van der Waals surface area contributed by atoms with E-state index in [-0.39, 0.29) is 19.4 Å². The molecule has 0 radical (unpaired) electrons. The Balaban J connectivity index is 2.06. The number of nitrogens with zero attached hydrogens (tertiary/aromatic N) is 2. The summed E-state index contributed by atoms with van der Waals surface area (Å²) in [4.78, 5) is 27.5. The topological polar surface area (TPSA) is 100 Å². The number of hydrogen-bond acceptors (Lipinski definition) is 6. The predicted octanol–water partition coefficient (Wildman–Crippen LogP) is 6.63. The summed E-state index contributed by atoms with van der Waals surface area (Å²) in [6.45, 7) is 4.46. The van der Waals surface area contributed by atoms with Gasteiger partial charge >= 0.3 is 18.4 Å². The fourth-order valence-corrected chi connectivity index (χ4v) is 4.23. The van der Waals surface area contributed by atoms with Gasteiger partial charge in [-0.3, -0.25) is 15.1 Å². The van der Waals surface area contributed by atoms with Crippen molar-refractivity contribution in [3.63, 3.8) is 0 Å². The molecule has 10 heteroatoms. The Kier molecular flexibility index (Phi) is 18.0. The normalized spacial score (nSPS) is 20.8. The minimum atomic E-state index is -3.18. The number of carbonyl (C=O) groups excluding carboxylic acids is 2. The van der Waals surface area contributed by atoms with Gasteiger partial charge < -0.3 is 14.7 Å². The average Bonchev–Trinajstić information content (AvgIpc) is 2.87. The van der Waals surface area contributed by atoms with Crippen LogP contribution in [0, 0.1) is 5.21 Å². The van der Waals surface area contributed by atoms with Crippen LogP contribution in [0.4, 0.5) is 13.6 Å². The summed E-state index contributed by atoms with van der Waals surface area (Å²) in [5, 5.41) is 15.0. The third-order valence-electron chi connectivity index (χ3n) is 6.49. The van der Waals surface area contributed by atoms with E-state index in [1.165, 1.54) is 44.9 Å². The van der Waals surface area contributed by atoms with E-state index in [0.29, 0.717) is 6.42 Å². The zero-order valence-corrected chi connectivity index (χ0v) is 22.5. The van der Waals surface area contributed by atoms with Crippen LogP contribution in [0.1, 0.15) is 103 Å². The van der Waals surface area contributed by atoms with Crippen molar-refractivity contribution in [2.75, 3.05) is 19.8 Å². The number of allylic oxidation sites excluding steroid dienone is 2. The summed E-state index contributed by atoms with van der Waals surface area (Å²) < 4.78 is 35.0. The molecule has 0 aromatic rings. The van der Waals surface area contributed by atoms with E-state index in [4.69, 9.17) is 9.47 Å². The predicted molar refractivity (Wildman–Crippen MR) is 141 cm³/mol.